The van der Waals surface area contributed by atoms with Crippen LogP contribution in [0.1, 0.15) is 38.7 Å². The second-order valence-electron chi connectivity index (χ2n) is 9.21. The van der Waals surface area contributed by atoms with E-state index in [4.69, 9.17) is 23.7 Å². The summed E-state index contributed by atoms with van der Waals surface area (Å²) in [5.41, 5.74) is 2.29. The topological polar surface area (TPSA) is 66.5 Å². The highest BCUT2D eigenvalue weighted by molar-refractivity contribution is 5.67. The lowest BCUT2D eigenvalue weighted by atomic mass is 10.1. The molecule has 8 nitrogen and oxygen atoms in total. The van der Waals surface area contributed by atoms with Gasteiger partial charge in [0.05, 0.1) is 55.2 Å². The molecule has 0 aliphatic rings. The van der Waals surface area contributed by atoms with Gasteiger partial charge in [0.1, 0.15) is 5.69 Å². The number of carbonyl (C=O) groups excluding carboxylic acids is 1. The molecule has 8 heteroatoms. The predicted molar refractivity (Wildman–Crippen MR) is 148 cm³/mol. The summed E-state index contributed by atoms with van der Waals surface area (Å²) in [6.45, 7) is 7.39. The number of unbranched alkanes of at least 4 members (excludes halogenated alkanes) is 1. The number of benzene rings is 2. The van der Waals surface area contributed by atoms with Crippen molar-refractivity contribution in [3.63, 3.8) is 0 Å². The van der Waals surface area contributed by atoms with E-state index in [-0.39, 0.29) is 6.09 Å². The molecule has 206 valence electrons. The van der Waals surface area contributed by atoms with E-state index in [1.165, 1.54) is 5.56 Å². The fourth-order valence-electron chi connectivity index (χ4n) is 4.41. The van der Waals surface area contributed by atoms with E-state index in [1.54, 1.807) is 28.4 Å². The Morgan fingerprint density at radius 1 is 0.784 bits per heavy atom. The lowest BCUT2D eigenvalue weighted by Gasteiger charge is -2.35. The zero-order valence-corrected chi connectivity index (χ0v) is 23.7. The number of nitrogens with zero attached hydrogens (tertiary/aromatic N) is 2. The van der Waals surface area contributed by atoms with Gasteiger partial charge in [-0.1, -0.05) is 19.4 Å². The largest absolute Gasteiger partial charge is 0.493 e. The summed E-state index contributed by atoms with van der Waals surface area (Å²) >= 11 is 0. The maximum atomic E-state index is 12.5. The van der Waals surface area contributed by atoms with Crippen molar-refractivity contribution in [2.24, 2.45) is 0 Å². The summed E-state index contributed by atoms with van der Waals surface area (Å²) in [5, 5.41) is 0. The first-order chi connectivity index (χ1) is 17.8. The van der Waals surface area contributed by atoms with Gasteiger partial charge in [-0.2, -0.15) is 0 Å². The Labute approximate surface area is 222 Å². The number of hydrogen-bond acceptors (Lipinski definition) is 6. The van der Waals surface area contributed by atoms with Crippen molar-refractivity contribution in [3.8, 4) is 23.0 Å². The zero-order chi connectivity index (χ0) is 27.3. The first kappa shape index (κ1) is 30.1. The van der Waals surface area contributed by atoms with Crippen LogP contribution >= 0.6 is 0 Å². The third-order valence-corrected chi connectivity index (χ3v) is 6.72. The Balaban J connectivity index is 2.27. The molecule has 0 spiro atoms. The number of methoxy groups -OCH3 is 4. The monoisotopic (exact) mass is 517 g/mol. The maximum absolute atomic E-state index is 12.5. The molecule has 1 atom stereocenters. The predicted octanol–water partition coefficient (Wildman–Crippen LogP) is 5.55. The molecule has 2 aromatic carbocycles. The molecule has 37 heavy (non-hydrogen) atoms. The standard InChI is InChI=1S/C29H45N2O6/c1-8-10-17-30(29(32)37-9-2)18-11-19-31(3,24-13-15-26(34-5)28(22-24)36-7)20-16-23-12-14-25(33-4)27(21-23)35-6/h12-15,21-22H,8-11,16-20H2,1-7H3/q+1. The first-order valence-corrected chi connectivity index (χ1v) is 13.0. The second-order valence-corrected chi connectivity index (χ2v) is 9.21. The van der Waals surface area contributed by atoms with Crippen LogP contribution in [0.4, 0.5) is 10.5 Å². The van der Waals surface area contributed by atoms with E-state index in [0.717, 1.165) is 56.0 Å². The molecule has 0 aliphatic carbocycles. The summed E-state index contributed by atoms with van der Waals surface area (Å²) in [6.07, 6.45) is 3.42. The zero-order valence-electron chi connectivity index (χ0n) is 23.7. The minimum atomic E-state index is -0.235. The molecule has 0 saturated heterocycles. The Hall–Kier alpha value is -3.13. The molecular formula is C29H45N2O6+. The summed E-state index contributed by atoms with van der Waals surface area (Å²) in [4.78, 5) is 14.3. The van der Waals surface area contributed by atoms with Crippen LogP contribution in [-0.4, -0.2) is 79.3 Å². The normalized spacial score (nSPS) is 12.4. The van der Waals surface area contributed by atoms with Crippen molar-refractivity contribution >= 4 is 11.8 Å². The van der Waals surface area contributed by atoms with Crippen molar-refractivity contribution in [3.05, 3.63) is 42.0 Å². The van der Waals surface area contributed by atoms with Crippen molar-refractivity contribution in [2.75, 3.05) is 68.3 Å². The fourth-order valence-corrected chi connectivity index (χ4v) is 4.41. The molecule has 2 aromatic rings. The van der Waals surface area contributed by atoms with Gasteiger partial charge >= 0.3 is 6.09 Å². The van der Waals surface area contributed by atoms with Gasteiger partial charge in [0.2, 0.25) is 0 Å². The molecular weight excluding hydrogens is 472 g/mol. The summed E-state index contributed by atoms with van der Waals surface area (Å²) in [6, 6.07) is 12.1. The fraction of sp³-hybridized carbons (Fsp3) is 0.552. The van der Waals surface area contributed by atoms with Crippen LogP contribution in [0, 0.1) is 0 Å². The van der Waals surface area contributed by atoms with Gasteiger partial charge in [0.25, 0.3) is 0 Å². The minimum Gasteiger partial charge on any atom is -0.493 e. The van der Waals surface area contributed by atoms with Gasteiger partial charge in [-0.15, -0.1) is 0 Å². The van der Waals surface area contributed by atoms with Crippen LogP contribution in [0.5, 0.6) is 23.0 Å². The number of amides is 1. The van der Waals surface area contributed by atoms with E-state index < -0.39 is 0 Å². The second kappa shape index (κ2) is 15.2. The Morgan fingerprint density at radius 2 is 1.38 bits per heavy atom. The maximum Gasteiger partial charge on any atom is 0.409 e. The third kappa shape index (κ3) is 8.45. The minimum absolute atomic E-state index is 0.235. The van der Waals surface area contributed by atoms with Crippen molar-refractivity contribution < 1.29 is 28.5 Å². The molecule has 0 fully saturated rings. The molecule has 0 saturated carbocycles. The molecule has 2 rings (SSSR count). The van der Waals surface area contributed by atoms with Crippen LogP contribution in [-0.2, 0) is 11.2 Å². The highest BCUT2D eigenvalue weighted by Crippen LogP contribution is 2.35. The molecule has 0 aliphatic heterocycles. The molecule has 0 heterocycles. The average Bonchev–Trinajstić information content (AvgIpc) is 2.93. The molecule has 1 unspecified atom stereocenters. The van der Waals surface area contributed by atoms with Gasteiger partial charge in [0, 0.05) is 38.1 Å². The van der Waals surface area contributed by atoms with Gasteiger partial charge in [0.15, 0.2) is 23.0 Å². The molecule has 0 aromatic heterocycles. The highest BCUT2D eigenvalue weighted by Gasteiger charge is 2.27. The molecule has 0 N–H and O–H groups in total. The van der Waals surface area contributed by atoms with E-state index in [2.05, 4.69) is 26.1 Å². The number of rotatable bonds is 16. The summed E-state index contributed by atoms with van der Waals surface area (Å²) in [5.74, 6) is 2.84. The quantitative estimate of drug-likeness (QED) is 0.272. The van der Waals surface area contributed by atoms with Gasteiger partial charge in [-0.3, -0.25) is 4.48 Å². The van der Waals surface area contributed by atoms with Crippen LogP contribution in [0.3, 0.4) is 0 Å². The number of likely N-dealkylation sites (N-methyl/N-ethyl adjacent to an activating group) is 1. The SMILES string of the molecule is CCCCN(CCC[N+](C)(CCc1ccc(OC)c(OC)c1)c1ccc(OC)c(OC)c1)C(=O)OCC. The highest BCUT2D eigenvalue weighted by atomic mass is 16.6. The van der Waals surface area contributed by atoms with Crippen LogP contribution in [0.15, 0.2) is 36.4 Å². The Kier molecular flexibility index (Phi) is 12.4. The lowest BCUT2D eigenvalue weighted by Crippen LogP contribution is -2.48. The molecule has 0 bridgehead atoms. The summed E-state index contributed by atoms with van der Waals surface area (Å²) < 4.78 is 27.9. The Morgan fingerprint density at radius 3 is 1.97 bits per heavy atom. The van der Waals surface area contributed by atoms with E-state index in [9.17, 15) is 4.79 Å². The van der Waals surface area contributed by atoms with Gasteiger partial charge in [-0.25, -0.2) is 4.79 Å². The smallest absolute Gasteiger partial charge is 0.409 e. The van der Waals surface area contributed by atoms with Crippen molar-refractivity contribution in [2.45, 2.75) is 39.5 Å². The first-order valence-electron chi connectivity index (χ1n) is 13.0. The van der Waals surface area contributed by atoms with Crippen LogP contribution in [0.25, 0.3) is 0 Å². The van der Waals surface area contributed by atoms with Crippen molar-refractivity contribution in [1.29, 1.82) is 0 Å². The van der Waals surface area contributed by atoms with E-state index >= 15 is 0 Å². The average molecular weight is 518 g/mol. The number of quaternary nitrogens is 1. The third-order valence-electron chi connectivity index (χ3n) is 6.72. The van der Waals surface area contributed by atoms with Crippen molar-refractivity contribution in [1.82, 2.24) is 9.38 Å². The lowest BCUT2D eigenvalue weighted by molar-refractivity contribution is 0.105. The molecule has 0 radical (unpaired) electrons. The van der Waals surface area contributed by atoms with E-state index in [0.29, 0.717) is 35.7 Å². The number of ether oxygens (including phenoxy) is 5. The van der Waals surface area contributed by atoms with Gasteiger partial charge in [-0.05, 0) is 37.1 Å². The number of carbonyl (C=O) groups is 1. The number of hydrogen-bond donors (Lipinski definition) is 0. The van der Waals surface area contributed by atoms with Crippen LogP contribution in [0.2, 0.25) is 0 Å². The van der Waals surface area contributed by atoms with Gasteiger partial charge < -0.3 is 28.6 Å². The molecule has 1 amide bonds. The summed E-state index contributed by atoms with van der Waals surface area (Å²) in [7, 11) is 8.81. The van der Waals surface area contributed by atoms with E-state index in [1.807, 2.05) is 36.1 Å². The van der Waals surface area contributed by atoms with Crippen LogP contribution < -0.4 is 23.4 Å². The Bertz CT molecular complexity index is 983.